The molecule has 0 unspecified atom stereocenters. The van der Waals surface area contributed by atoms with Gasteiger partial charge in [0.15, 0.2) is 0 Å². The van der Waals surface area contributed by atoms with Crippen LogP contribution in [0.4, 0.5) is 11.4 Å². The molecule has 0 atom stereocenters. The van der Waals surface area contributed by atoms with Gasteiger partial charge in [0.05, 0.1) is 22.2 Å². The third-order valence-corrected chi connectivity index (χ3v) is 6.47. The van der Waals surface area contributed by atoms with E-state index in [1.807, 2.05) is 0 Å². The molecule has 148 valence electrons. The first-order valence-electron chi connectivity index (χ1n) is 7.88. The molecule has 0 aliphatic carbocycles. The Morgan fingerprint density at radius 2 is 1.82 bits per heavy atom. The van der Waals surface area contributed by atoms with Crippen molar-refractivity contribution in [3.05, 3.63) is 56.1 Å². The summed E-state index contributed by atoms with van der Waals surface area (Å²) in [6, 6.07) is 9.32. The molecule has 28 heavy (non-hydrogen) atoms. The van der Waals surface area contributed by atoms with Gasteiger partial charge in [-0.2, -0.15) is 0 Å². The predicted molar refractivity (Wildman–Crippen MR) is 114 cm³/mol. The third kappa shape index (κ3) is 4.49. The number of hydrogen-bond donors (Lipinski definition) is 1. The summed E-state index contributed by atoms with van der Waals surface area (Å²) in [4.78, 5) is 24.1. The Balaban J connectivity index is 1.85. The summed E-state index contributed by atoms with van der Waals surface area (Å²) in [7, 11) is -2.10. The molecule has 0 saturated heterocycles. The highest BCUT2D eigenvalue weighted by molar-refractivity contribution is 7.92. The number of thiazole rings is 1. The average Bonchev–Trinajstić information content (AvgIpc) is 2.84. The maximum atomic E-state index is 12.5. The number of hydrogen-bond acceptors (Lipinski definition) is 5. The summed E-state index contributed by atoms with van der Waals surface area (Å²) < 4.78 is 27.5. The van der Waals surface area contributed by atoms with Gasteiger partial charge in [0.25, 0.3) is 0 Å². The molecule has 1 amide bonds. The summed E-state index contributed by atoms with van der Waals surface area (Å²) in [5.74, 6) is -0.552. The van der Waals surface area contributed by atoms with Crippen LogP contribution in [0.3, 0.4) is 0 Å². The molecule has 11 heteroatoms. The molecule has 1 aromatic heterocycles. The first-order valence-corrected chi connectivity index (χ1v) is 11.3. The second-order valence-electron chi connectivity index (χ2n) is 6.05. The number of aromatic nitrogens is 1. The van der Waals surface area contributed by atoms with Crippen molar-refractivity contribution in [1.29, 1.82) is 0 Å². The molecule has 2 aromatic carbocycles. The van der Waals surface area contributed by atoms with E-state index in [2.05, 4.69) is 5.32 Å². The van der Waals surface area contributed by atoms with Crippen LogP contribution in [0.5, 0.6) is 0 Å². The minimum Gasteiger partial charge on any atom is -0.324 e. The molecule has 0 saturated carbocycles. The number of amides is 1. The van der Waals surface area contributed by atoms with Gasteiger partial charge in [-0.05, 0) is 36.4 Å². The van der Waals surface area contributed by atoms with Crippen molar-refractivity contribution in [1.82, 2.24) is 4.57 Å². The molecular weight excluding hydrogens is 445 g/mol. The van der Waals surface area contributed by atoms with E-state index in [1.165, 1.54) is 22.8 Å². The molecule has 0 bridgehead atoms. The molecule has 0 fully saturated rings. The van der Waals surface area contributed by atoms with E-state index in [-0.39, 0.29) is 20.6 Å². The van der Waals surface area contributed by atoms with Crippen LogP contribution in [0.15, 0.2) is 41.2 Å². The topological polar surface area (TPSA) is 88.5 Å². The normalized spacial score (nSPS) is 11.6. The van der Waals surface area contributed by atoms with Crippen LogP contribution in [0.2, 0.25) is 10.0 Å². The average molecular weight is 460 g/mol. The van der Waals surface area contributed by atoms with Crippen LogP contribution in [-0.2, 0) is 21.9 Å². The lowest BCUT2D eigenvalue weighted by atomic mass is 10.3. The van der Waals surface area contributed by atoms with E-state index in [1.54, 1.807) is 25.2 Å². The zero-order chi connectivity index (χ0) is 20.6. The first-order chi connectivity index (χ1) is 13.0. The first kappa shape index (κ1) is 20.7. The molecule has 0 aliphatic rings. The van der Waals surface area contributed by atoms with Crippen LogP contribution in [-0.4, -0.2) is 31.7 Å². The molecule has 1 heterocycles. The Morgan fingerprint density at radius 3 is 2.43 bits per heavy atom. The zero-order valence-electron chi connectivity index (χ0n) is 14.8. The number of anilines is 2. The number of sulfonamides is 1. The highest BCUT2D eigenvalue weighted by Crippen LogP contribution is 2.27. The fraction of sp³-hybridized carbons (Fsp3) is 0.176. The molecule has 0 aliphatic heterocycles. The van der Waals surface area contributed by atoms with Gasteiger partial charge in [0.1, 0.15) is 6.54 Å². The fourth-order valence-corrected chi connectivity index (χ4v) is 4.90. The smallest absolute Gasteiger partial charge is 0.307 e. The van der Waals surface area contributed by atoms with Crippen LogP contribution in [0.1, 0.15) is 0 Å². The maximum absolute atomic E-state index is 12.5. The van der Waals surface area contributed by atoms with Gasteiger partial charge in [-0.3, -0.25) is 13.9 Å². The van der Waals surface area contributed by atoms with E-state index in [0.29, 0.717) is 10.4 Å². The van der Waals surface area contributed by atoms with E-state index < -0.39 is 22.5 Å². The summed E-state index contributed by atoms with van der Waals surface area (Å²) in [6.45, 7) is -0.460. The number of carbonyl (C=O) groups excluding carboxylic acids is 1. The molecule has 0 radical (unpaired) electrons. The summed E-state index contributed by atoms with van der Waals surface area (Å²) in [6.07, 6.45) is 0.989. The van der Waals surface area contributed by atoms with Crippen LogP contribution >= 0.6 is 34.5 Å². The second kappa shape index (κ2) is 7.75. The summed E-state index contributed by atoms with van der Waals surface area (Å²) in [5, 5.41) is 3.15. The number of nitrogens with one attached hydrogen (secondary N) is 1. The van der Waals surface area contributed by atoms with Crippen molar-refractivity contribution in [2.45, 2.75) is 0 Å². The van der Waals surface area contributed by atoms with E-state index in [9.17, 15) is 18.0 Å². The number of nitrogens with zero attached hydrogens (tertiary/aromatic N) is 2. The van der Waals surface area contributed by atoms with Gasteiger partial charge in [0, 0.05) is 22.8 Å². The SMILES string of the molecule is Cn1c(=O)sc2cc(NC(=O)CN(c3cc(Cl)cc(Cl)c3)S(C)(=O)=O)ccc21. The Labute approximate surface area is 175 Å². The molecule has 0 spiro atoms. The van der Waals surface area contributed by atoms with Gasteiger partial charge in [-0.1, -0.05) is 34.5 Å². The number of halogens is 2. The zero-order valence-corrected chi connectivity index (χ0v) is 17.9. The number of carbonyl (C=O) groups is 1. The van der Waals surface area contributed by atoms with Crippen LogP contribution < -0.4 is 14.5 Å². The number of aryl methyl sites for hydroxylation is 1. The Hall–Kier alpha value is -2.07. The van der Waals surface area contributed by atoms with Gasteiger partial charge >= 0.3 is 4.87 Å². The molecule has 1 N–H and O–H groups in total. The van der Waals surface area contributed by atoms with Crippen molar-refractivity contribution in [2.24, 2.45) is 7.05 Å². The van der Waals surface area contributed by atoms with Crippen molar-refractivity contribution < 1.29 is 13.2 Å². The van der Waals surface area contributed by atoms with Crippen molar-refractivity contribution in [3.63, 3.8) is 0 Å². The lowest BCUT2D eigenvalue weighted by Gasteiger charge is -2.22. The summed E-state index contributed by atoms with van der Waals surface area (Å²) in [5.41, 5.74) is 1.39. The largest absolute Gasteiger partial charge is 0.324 e. The fourth-order valence-electron chi connectivity index (χ4n) is 2.63. The van der Waals surface area contributed by atoms with Crippen molar-refractivity contribution >= 4 is 72.1 Å². The van der Waals surface area contributed by atoms with E-state index in [4.69, 9.17) is 23.2 Å². The third-order valence-electron chi connectivity index (χ3n) is 3.90. The van der Waals surface area contributed by atoms with E-state index in [0.717, 1.165) is 27.4 Å². The van der Waals surface area contributed by atoms with Gasteiger partial charge in [0.2, 0.25) is 15.9 Å². The predicted octanol–water partition coefficient (Wildman–Crippen LogP) is 3.31. The van der Waals surface area contributed by atoms with Gasteiger partial charge in [-0.15, -0.1) is 0 Å². The highest BCUT2D eigenvalue weighted by atomic mass is 35.5. The number of fused-ring (bicyclic) bond motifs is 1. The van der Waals surface area contributed by atoms with Gasteiger partial charge < -0.3 is 9.88 Å². The molecule has 3 aromatic rings. The maximum Gasteiger partial charge on any atom is 0.307 e. The molecule has 3 rings (SSSR count). The highest BCUT2D eigenvalue weighted by Gasteiger charge is 2.22. The Morgan fingerprint density at radius 1 is 1.18 bits per heavy atom. The number of rotatable bonds is 5. The monoisotopic (exact) mass is 459 g/mol. The molecule has 7 nitrogen and oxygen atoms in total. The van der Waals surface area contributed by atoms with Crippen LogP contribution in [0, 0.1) is 0 Å². The quantitative estimate of drug-likeness (QED) is 0.633. The summed E-state index contributed by atoms with van der Waals surface area (Å²) >= 11 is 13.0. The lowest BCUT2D eigenvalue weighted by molar-refractivity contribution is -0.114. The number of benzene rings is 2. The van der Waals surface area contributed by atoms with E-state index >= 15 is 0 Å². The lowest BCUT2D eigenvalue weighted by Crippen LogP contribution is -2.37. The minimum atomic E-state index is -3.76. The van der Waals surface area contributed by atoms with Crippen molar-refractivity contribution in [2.75, 3.05) is 22.4 Å². The Bertz CT molecular complexity index is 1210. The minimum absolute atomic E-state index is 0.112. The van der Waals surface area contributed by atoms with Crippen molar-refractivity contribution in [3.8, 4) is 0 Å². The standard InChI is InChI=1S/C17H15Cl2N3O4S2/c1-21-14-4-3-12(8-15(14)27-17(21)24)20-16(23)9-22(28(2,25)26)13-6-10(18)5-11(19)7-13/h3-8H,9H2,1-2H3,(H,20,23). The van der Waals surface area contributed by atoms with Crippen LogP contribution in [0.25, 0.3) is 10.2 Å². The Kier molecular flexibility index (Phi) is 5.72. The molecular formula is C17H15Cl2N3O4S2. The second-order valence-corrected chi connectivity index (χ2v) is 9.83. The van der Waals surface area contributed by atoms with Gasteiger partial charge in [-0.25, -0.2) is 8.42 Å².